The van der Waals surface area contributed by atoms with Crippen LogP contribution in [-0.4, -0.2) is 35.8 Å². The number of methoxy groups -OCH3 is 1. The molecule has 1 N–H and O–H groups in total. The van der Waals surface area contributed by atoms with Crippen molar-refractivity contribution in [1.82, 2.24) is 5.32 Å². The Morgan fingerprint density at radius 3 is 2.52 bits per heavy atom. The van der Waals surface area contributed by atoms with E-state index >= 15 is 0 Å². The maximum atomic E-state index is 11.9. The van der Waals surface area contributed by atoms with Gasteiger partial charge in [0.25, 0.3) is 5.69 Å². The van der Waals surface area contributed by atoms with E-state index in [4.69, 9.17) is 4.74 Å². The first-order chi connectivity index (χ1) is 9.92. The van der Waals surface area contributed by atoms with Crippen LogP contribution in [-0.2, 0) is 9.53 Å². The fraction of sp³-hybridized carbons (Fsp3) is 0.500. The minimum absolute atomic E-state index is 0.0548. The van der Waals surface area contributed by atoms with Gasteiger partial charge in [0.2, 0.25) is 0 Å². The van der Waals surface area contributed by atoms with Gasteiger partial charge in [0.15, 0.2) is 0 Å². The van der Waals surface area contributed by atoms with Crippen LogP contribution in [0.1, 0.15) is 20.3 Å². The highest BCUT2D eigenvalue weighted by molar-refractivity contribution is 7.99. The van der Waals surface area contributed by atoms with Gasteiger partial charge in [-0.25, -0.2) is 0 Å². The fourth-order valence-corrected chi connectivity index (χ4v) is 2.70. The lowest BCUT2D eigenvalue weighted by Crippen LogP contribution is -2.52. The van der Waals surface area contributed by atoms with E-state index in [1.165, 1.54) is 31.0 Å². The molecule has 0 spiro atoms. The van der Waals surface area contributed by atoms with Crippen LogP contribution in [0.4, 0.5) is 5.69 Å². The minimum Gasteiger partial charge on any atom is -0.468 e. The number of nitrogens with one attached hydrogen (secondary N) is 1. The molecule has 0 aromatic heterocycles. The van der Waals surface area contributed by atoms with Crippen LogP contribution >= 0.6 is 11.8 Å². The SMILES string of the molecule is CCCNC(C)(CSc1ccc([N+](=O)[O-])cc1)C(=O)OC. The molecule has 21 heavy (non-hydrogen) atoms. The standard InChI is InChI=1S/C14H20N2O4S/c1-4-9-15-14(2,13(17)20-3)10-21-12-7-5-11(6-8-12)16(18)19/h5-8,15H,4,9-10H2,1-3H3. The van der Waals surface area contributed by atoms with Crippen molar-refractivity contribution in [2.24, 2.45) is 0 Å². The molecule has 1 rings (SSSR count). The Morgan fingerprint density at radius 2 is 2.05 bits per heavy atom. The van der Waals surface area contributed by atoms with Crippen molar-refractivity contribution in [3.63, 3.8) is 0 Å². The molecule has 0 fully saturated rings. The highest BCUT2D eigenvalue weighted by Crippen LogP contribution is 2.25. The zero-order chi connectivity index (χ0) is 15.9. The summed E-state index contributed by atoms with van der Waals surface area (Å²) in [5, 5.41) is 13.8. The number of hydrogen-bond acceptors (Lipinski definition) is 6. The number of hydrogen-bond donors (Lipinski definition) is 1. The summed E-state index contributed by atoms with van der Waals surface area (Å²) in [6, 6.07) is 6.27. The number of non-ortho nitro benzene ring substituents is 1. The van der Waals surface area contributed by atoms with Crippen LogP contribution in [0.15, 0.2) is 29.2 Å². The summed E-state index contributed by atoms with van der Waals surface area (Å²) in [6.07, 6.45) is 0.911. The molecule has 0 saturated carbocycles. The number of thioether (sulfide) groups is 1. The van der Waals surface area contributed by atoms with Crippen molar-refractivity contribution in [3.05, 3.63) is 34.4 Å². The van der Waals surface area contributed by atoms with Gasteiger partial charge in [-0.15, -0.1) is 11.8 Å². The highest BCUT2D eigenvalue weighted by atomic mass is 32.2. The second kappa shape index (κ2) is 7.99. The highest BCUT2D eigenvalue weighted by Gasteiger charge is 2.33. The molecule has 1 aromatic rings. The van der Waals surface area contributed by atoms with Crippen molar-refractivity contribution < 1.29 is 14.5 Å². The Balaban J connectivity index is 2.72. The molecule has 1 aromatic carbocycles. The van der Waals surface area contributed by atoms with Gasteiger partial charge < -0.3 is 10.1 Å². The number of carbonyl (C=O) groups excluding carboxylic acids is 1. The molecule has 0 aliphatic rings. The van der Waals surface area contributed by atoms with Gasteiger partial charge >= 0.3 is 5.97 Å². The molecule has 0 aliphatic heterocycles. The zero-order valence-electron chi connectivity index (χ0n) is 12.4. The summed E-state index contributed by atoms with van der Waals surface area (Å²) >= 11 is 1.46. The summed E-state index contributed by atoms with van der Waals surface area (Å²) in [5.41, 5.74) is -0.726. The molecule has 116 valence electrons. The molecular formula is C14H20N2O4S. The lowest BCUT2D eigenvalue weighted by Gasteiger charge is -2.27. The van der Waals surface area contributed by atoms with Gasteiger partial charge in [0.05, 0.1) is 12.0 Å². The molecule has 1 unspecified atom stereocenters. The van der Waals surface area contributed by atoms with Crippen molar-refractivity contribution >= 4 is 23.4 Å². The van der Waals surface area contributed by atoms with Crippen LogP contribution < -0.4 is 5.32 Å². The van der Waals surface area contributed by atoms with Gasteiger partial charge in [-0.05, 0) is 32.0 Å². The van der Waals surface area contributed by atoms with Crippen LogP contribution in [0.25, 0.3) is 0 Å². The van der Waals surface area contributed by atoms with Crippen molar-refractivity contribution in [2.75, 3.05) is 19.4 Å². The topological polar surface area (TPSA) is 81.5 Å². The Bertz CT molecular complexity index is 492. The molecular weight excluding hydrogens is 292 g/mol. The van der Waals surface area contributed by atoms with E-state index in [1.807, 2.05) is 6.92 Å². The summed E-state index contributed by atoms with van der Waals surface area (Å²) in [5.74, 6) is 0.169. The number of esters is 1. The molecule has 0 radical (unpaired) electrons. The van der Waals surface area contributed by atoms with E-state index in [1.54, 1.807) is 19.1 Å². The van der Waals surface area contributed by atoms with Crippen LogP contribution in [0.3, 0.4) is 0 Å². The monoisotopic (exact) mass is 312 g/mol. The second-order valence-electron chi connectivity index (χ2n) is 4.79. The van der Waals surface area contributed by atoms with Crippen LogP contribution in [0.2, 0.25) is 0 Å². The third kappa shape index (κ3) is 5.02. The zero-order valence-corrected chi connectivity index (χ0v) is 13.2. The molecule has 1 atom stereocenters. The minimum atomic E-state index is -0.781. The maximum Gasteiger partial charge on any atom is 0.326 e. The number of benzene rings is 1. The number of carbonyl (C=O) groups is 1. The number of nitro groups is 1. The van der Waals surface area contributed by atoms with E-state index in [-0.39, 0.29) is 11.7 Å². The molecule has 0 bridgehead atoms. The Morgan fingerprint density at radius 1 is 1.43 bits per heavy atom. The number of nitrogens with zero attached hydrogens (tertiary/aromatic N) is 1. The Kier molecular flexibility index (Phi) is 6.64. The van der Waals surface area contributed by atoms with Gasteiger partial charge in [0, 0.05) is 22.8 Å². The summed E-state index contributed by atoms with van der Waals surface area (Å²) < 4.78 is 4.85. The van der Waals surface area contributed by atoms with Gasteiger partial charge in [0.1, 0.15) is 5.54 Å². The fourth-order valence-electron chi connectivity index (χ4n) is 1.70. The Hall–Kier alpha value is -1.60. The number of nitro benzene ring substituents is 1. The number of rotatable bonds is 8. The molecule has 0 aliphatic carbocycles. The number of ether oxygens (including phenoxy) is 1. The predicted octanol–water partition coefficient (Wildman–Crippen LogP) is 2.62. The molecule has 6 nitrogen and oxygen atoms in total. The third-order valence-corrected chi connectivity index (χ3v) is 4.30. The van der Waals surface area contributed by atoms with Gasteiger partial charge in [-0.2, -0.15) is 0 Å². The average Bonchev–Trinajstić information content (AvgIpc) is 2.50. The largest absolute Gasteiger partial charge is 0.468 e. The van der Waals surface area contributed by atoms with E-state index < -0.39 is 10.5 Å². The summed E-state index contributed by atoms with van der Waals surface area (Å²) in [7, 11) is 1.37. The molecule has 0 saturated heterocycles. The lowest BCUT2D eigenvalue weighted by molar-refractivity contribution is -0.384. The van der Waals surface area contributed by atoms with Crippen LogP contribution in [0.5, 0.6) is 0 Å². The molecule has 0 amide bonds. The van der Waals surface area contributed by atoms with Gasteiger partial charge in [-0.1, -0.05) is 6.92 Å². The van der Waals surface area contributed by atoms with Crippen molar-refractivity contribution in [1.29, 1.82) is 0 Å². The summed E-state index contributed by atoms with van der Waals surface area (Å²) in [6.45, 7) is 4.54. The first-order valence-corrected chi connectivity index (χ1v) is 7.62. The Labute approximate surface area is 128 Å². The predicted molar refractivity (Wildman–Crippen MR) is 82.5 cm³/mol. The first-order valence-electron chi connectivity index (χ1n) is 6.63. The normalized spacial score (nSPS) is 13.5. The quantitative estimate of drug-likeness (QED) is 0.344. The molecule has 7 heteroatoms. The molecule has 0 heterocycles. The van der Waals surface area contributed by atoms with E-state index in [9.17, 15) is 14.9 Å². The van der Waals surface area contributed by atoms with Gasteiger partial charge in [-0.3, -0.25) is 14.9 Å². The third-order valence-electron chi connectivity index (χ3n) is 2.98. The average molecular weight is 312 g/mol. The lowest BCUT2D eigenvalue weighted by atomic mass is 10.1. The van der Waals surface area contributed by atoms with Crippen molar-refractivity contribution in [3.8, 4) is 0 Å². The summed E-state index contributed by atoms with van der Waals surface area (Å²) in [4.78, 5) is 23.0. The van der Waals surface area contributed by atoms with E-state index in [0.29, 0.717) is 12.3 Å². The van der Waals surface area contributed by atoms with E-state index in [0.717, 1.165) is 11.3 Å². The smallest absolute Gasteiger partial charge is 0.326 e. The van der Waals surface area contributed by atoms with Crippen molar-refractivity contribution in [2.45, 2.75) is 30.7 Å². The van der Waals surface area contributed by atoms with Crippen LogP contribution in [0, 0.1) is 10.1 Å². The van der Waals surface area contributed by atoms with E-state index in [2.05, 4.69) is 5.32 Å². The maximum absolute atomic E-state index is 11.9. The first kappa shape index (κ1) is 17.5. The second-order valence-corrected chi connectivity index (χ2v) is 5.84.